The lowest BCUT2D eigenvalue weighted by molar-refractivity contribution is -0.348. The predicted molar refractivity (Wildman–Crippen MR) is 143 cm³/mol. The van der Waals surface area contributed by atoms with Gasteiger partial charge in [0, 0.05) is 18.0 Å². The fraction of sp³-hybridized carbons (Fsp3) is 0.533. The summed E-state index contributed by atoms with van der Waals surface area (Å²) in [4.78, 5) is 26.5. The number of alkyl halides is 7. The predicted octanol–water partition coefficient (Wildman–Crippen LogP) is 6.39. The van der Waals surface area contributed by atoms with Crippen LogP contribution in [0.4, 0.5) is 30.7 Å². The number of sulfone groups is 1. The van der Waals surface area contributed by atoms with Crippen LogP contribution in [0.2, 0.25) is 0 Å². The van der Waals surface area contributed by atoms with E-state index in [0.29, 0.717) is 12.1 Å². The summed E-state index contributed by atoms with van der Waals surface area (Å²) in [5, 5.41) is 9.32. The van der Waals surface area contributed by atoms with Gasteiger partial charge in [-0.1, -0.05) is 35.9 Å². The average Bonchev–Trinajstić information content (AvgIpc) is 3.37. The van der Waals surface area contributed by atoms with E-state index in [1.165, 1.54) is 17.0 Å². The molecule has 1 heterocycles. The summed E-state index contributed by atoms with van der Waals surface area (Å²) in [6.45, 7) is 1.68. The number of rotatable bonds is 5. The van der Waals surface area contributed by atoms with Crippen molar-refractivity contribution in [3.8, 4) is 0 Å². The summed E-state index contributed by atoms with van der Waals surface area (Å²) < 4.78 is 123. The first-order valence-electron chi connectivity index (χ1n) is 14.2. The number of benzene rings is 2. The number of hydrogen-bond donors (Lipinski definition) is 1. The van der Waals surface area contributed by atoms with Gasteiger partial charge < -0.3 is 10.0 Å². The largest absolute Gasteiger partial charge is 0.481 e. The minimum atomic E-state index is -6.33. The van der Waals surface area contributed by atoms with Crippen molar-refractivity contribution in [2.45, 2.75) is 85.6 Å². The monoisotopic (exact) mass is 649 g/mol. The summed E-state index contributed by atoms with van der Waals surface area (Å²) in [7, 11) is -4.42. The normalized spacial score (nSPS) is 26.2. The maximum absolute atomic E-state index is 15.0. The second-order valence-electron chi connectivity index (χ2n) is 12.0. The molecule has 240 valence electrons. The molecule has 2 aliphatic carbocycles. The molecular formula is C30H30F7NO5S. The first kappa shape index (κ1) is 32.2. The fourth-order valence-electron chi connectivity index (χ4n) is 7.24. The van der Waals surface area contributed by atoms with E-state index in [-0.39, 0.29) is 73.4 Å². The molecule has 2 aromatic rings. The number of amides is 1. The molecule has 2 unspecified atom stereocenters. The van der Waals surface area contributed by atoms with Crippen molar-refractivity contribution < 1.29 is 53.8 Å². The van der Waals surface area contributed by atoms with Crippen molar-refractivity contribution in [1.82, 2.24) is 4.90 Å². The van der Waals surface area contributed by atoms with Crippen LogP contribution in [-0.4, -0.2) is 55.2 Å². The maximum atomic E-state index is 15.0. The molecule has 1 saturated carbocycles. The summed E-state index contributed by atoms with van der Waals surface area (Å²) in [5.74, 6) is -2.47. The number of carboxylic acid groups (broad SMARTS) is 1. The van der Waals surface area contributed by atoms with Crippen molar-refractivity contribution in [1.29, 1.82) is 0 Å². The SMILES string of the molecule is Cc1ccc(S(=O)(=O)C23CCN(C(=O)[C@H]4CC[C@H](C(=O)O)CC4)C2CCc2cc(C(F)(C(F)(F)F)C(F)(F)F)ccc23)cc1. The quantitative estimate of drug-likeness (QED) is 0.379. The number of aliphatic carboxylic acids is 1. The van der Waals surface area contributed by atoms with Gasteiger partial charge in [-0.05, 0) is 75.1 Å². The number of likely N-dealkylation sites (tertiary alicyclic amines) is 1. The number of carboxylic acids is 1. The molecule has 1 saturated heterocycles. The van der Waals surface area contributed by atoms with Crippen molar-refractivity contribution in [2.24, 2.45) is 11.8 Å². The molecule has 3 aliphatic rings. The molecule has 2 atom stereocenters. The van der Waals surface area contributed by atoms with Crippen LogP contribution in [-0.2, 0) is 36.3 Å². The highest BCUT2D eigenvalue weighted by molar-refractivity contribution is 7.92. The van der Waals surface area contributed by atoms with Crippen molar-refractivity contribution in [2.75, 3.05) is 6.54 Å². The highest BCUT2D eigenvalue weighted by atomic mass is 32.2. The van der Waals surface area contributed by atoms with E-state index in [1.807, 2.05) is 0 Å². The Hall–Kier alpha value is -3.16. The molecule has 5 rings (SSSR count). The highest BCUT2D eigenvalue weighted by Crippen LogP contribution is 2.57. The van der Waals surface area contributed by atoms with Gasteiger partial charge in [-0.25, -0.2) is 12.8 Å². The van der Waals surface area contributed by atoms with Gasteiger partial charge in [0.25, 0.3) is 0 Å². The number of hydrogen-bond acceptors (Lipinski definition) is 4. The Labute approximate surface area is 249 Å². The summed E-state index contributed by atoms with van der Waals surface area (Å²) in [6.07, 6.45) is -12.0. The molecule has 1 aliphatic heterocycles. The number of carbonyl (C=O) groups excluding carboxylic acids is 1. The van der Waals surface area contributed by atoms with Gasteiger partial charge in [0.1, 0.15) is 4.75 Å². The van der Waals surface area contributed by atoms with Gasteiger partial charge in [-0.15, -0.1) is 0 Å². The van der Waals surface area contributed by atoms with E-state index in [2.05, 4.69) is 0 Å². The zero-order valence-electron chi connectivity index (χ0n) is 23.5. The van der Waals surface area contributed by atoms with Crippen LogP contribution < -0.4 is 0 Å². The molecule has 44 heavy (non-hydrogen) atoms. The third-order valence-corrected chi connectivity index (χ3v) is 12.1. The molecule has 0 bridgehead atoms. The summed E-state index contributed by atoms with van der Waals surface area (Å²) in [6, 6.07) is 6.44. The molecule has 6 nitrogen and oxygen atoms in total. The second-order valence-corrected chi connectivity index (χ2v) is 14.2. The van der Waals surface area contributed by atoms with Gasteiger partial charge in [0.15, 0.2) is 9.84 Å². The Balaban J connectivity index is 1.62. The fourth-order valence-corrected chi connectivity index (χ4v) is 9.61. The molecule has 2 fully saturated rings. The van der Waals surface area contributed by atoms with Gasteiger partial charge in [-0.2, -0.15) is 26.3 Å². The maximum Gasteiger partial charge on any atom is 0.435 e. The van der Waals surface area contributed by atoms with Crippen LogP contribution >= 0.6 is 0 Å². The number of carbonyl (C=O) groups is 2. The van der Waals surface area contributed by atoms with Crippen LogP contribution in [0, 0.1) is 18.8 Å². The Morgan fingerprint density at radius 2 is 1.43 bits per heavy atom. The van der Waals surface area contributed by atoms with Gasteiger partial charge >= 0.3 is 24.0 Å². The first-order chi connectivity index (χ1) is 20.4. The Morgan fingerprint density at radius 1 is 0.864 bits per heavy atom. The minimum Gasteiger partial charge on any atom is -0.481 e. The standard InChI is InChI=1S/C30H30F7NO5S/c1-17-2-10-22(11-3-17)44(42,43)27-14-15-38(25(39)18-4-6-19(7-5-18)26(40)41)24(27)13-8-20-16-21(9-12-23(20)27)28(31,29(32,33)34)30(35,36)37/h2-3,9-12,16,18-19,24H,4-8,13-15H2,1H3,(H,40,41)/t18-,19-,24?,27?. The van der Waals surface area contributed by atoms with Crippen LogP contribution in [0.5, 0.6) is 0 Å². The van der Waals surface area contributed by atoms with Crippen LogP contribution in [0.1, 0.15) is 60.8 Å². The van der Waals surface area contributed by atoms with Gasteiger partial charge in [-0.3, -0.25) is 9.59 Å². The van der Waals surface area contributed by atoms with E-state index in [9.17, 15) is 49.5 Å². The molecule has 1 amide bonds. The van der Waals surface area contributed by atoms with E-state index in [4.69, 9.17) is 0 Å². The minimum absolute atomic E-state index is 0.0488. The van der Waals surface area contributed by atoms with E-state index in [1.54, 1.807) is 19.1 Å². The summed E-state index contributed by atoms with van der Waals surface area (Å²) >= 11 is 0. The van der Waals surface area contributed by atoms with E-state index < -0.39 is 62.0 Å². The van der Waals surface area contributed by atoms with E-state index >= 15 is 4.39 Å². The molecule has 0 radical (unpaired) electrons. The van der Waals surface area contributed by atoms with Crippen LogP contribution in [0.15, 0.2) is 47.4 Å². The van der Waals surface area contributed by atoms with Crippen LogP contribution in [0.3, 0.4) is 0 Å². The zero-order valence-corrected chi connectivity index (χ0v) is 24.3. The third-order valence-electron chi connectivity index (χ3n) is 9.59. The van der Waals surface area contributed by atoms with Crippen molar-refractivity contribution in [3.05, 3.63) is 64.7 Å². The van der Waals surface area contributed by atoms with Gasteiger partial charge in [0.2, 0.25) is 5.91 Å². The van der Waals surface area contributed by atoms with Crippen LogP contribution in [0.25, 0.3) is 0 Å². The molecule has 14 heteroatoms. The Kier molecular flexibility index (Phi) is 7.86. The topological polar surface area (TPSA) is 91.8 Å². The Morgan fingerprint density at radius 3 is 1.98 bits per heavy atom. The number of nitrogens with zero attached hydrogens (tertiary/aromatic N) is 1. The summed E-state index contributed by atoms with van der Waals surface area (Å²) in [5.41, 5.74) is -6.86. The van der Waals surface area contributed by atoms with Crippen molar-refractivity contribution >= 4 is 21.7 Å². The lowest BCUT2D eigenvalue weighted by atomic mass is 9.76. The Bertz CT molecular complexity index is 1550. The van der Waals surface area contributed by atoms with Crippen molar-refractivity contribution in [3.63, 3.8) is 0 Å². The molecular weight excluding hydrogens is 619 g/mol. The molecule has 2 aromatic carbocycles. The molecule has 1 N–H and O–H groups in total. The molecule has 0 spiro atoms. The van der Waals surface area contributed by atoms with Gasteiger partial charge in [0.05, 0.1) is 16.9 Å². The highest BCUT2D eigenvalue weighted by Gasteiger charge is 2.74. The molecule has 0 aromatic heterocycles. The lowest BCUT2D eigenvalue weighted by Gasteiger charge is -2.44. The smallest absolute Gasteiger partial charge is 0.435 e. The lowest BCUT2D eigenvalue weighted by Crippen LogP contribution is -2.53. The number of aryl methyl sites for hydroxylation is 2. The average molecular weight is 650 g/mol. The third kappa shape index (κ3) is 4.78. The zero-order chi connectivity index (χ0) is 32.5. The number of fused-ring (bicyclic) bond motifs is 3. The van der Waals surface area contributed by atoms with E-state index in [0.717, 1.165) is 11.6 Å². The number of halogens is 7. The first-order valence-corrected chi connectivity index (χ1v) is 15.7. The second kappa shape index (κ2) is 10.7.